The van der Waals surface area contributed by atoms with Crippen LogP contribution in [0.1, 0.15) is 41.0 Å². The molecule has 0 spiro atoms. The van der Waals surface area contributed by atoms with E-state index < -0.39 is 36.2 Å². The van der Waals surface area contributed by atoms with Gasteiger partial charge in [0.25, 0.3) is 0 Å². The summed E-state index contributed by atoms with van der Waals surface area (Å²) in [7, 11) is 0. The summed E-state index contributed by atoms with van der Waals surface area (Å²) in [6, 6.07) is -0.343. The first kappa shape index (κ1) is 22.6. The number of ether oxygens (including phenoxy) is 2. The molecule has 3 heterocycles. The van der Waals surface area contributed by atoms with Gasteiger partial charge in [-0.05, 0) is 27.7 Å². The van der Waals surface area contributed by atoms with Crippen molar-refractivity contribution in [1.82, 2.24) is 10.2 Å². The van der Waals surface area contributed by atoms with Crippen molar-refractivity contribution < 1.29 is 33.8 Å². The summed E-state index contributed by atoms with van der Waals surface area (Å²) in [4.78, 5) is 51.0. The Labute approximate surface area is 179 Å². The molecule has 10 heteroatoms. The lowest BCUT2D eigenvalue weighted by molar-refractivity contribution is -0.175. The molecule has 2 N–H and O–H groups in total. The van der Waals surface area contributed by atoms with Crippen LogP contribution in [-0.4, -0.2) is 64.5 Å². The van der Waals surface area contributed by atoms with Crippen molar-refractivity contribution in [3.8, 4) is 0 Å². The number of esters is 2. The maximum atomic E-state index is 12.9. The molecule has 2 fully saturated rings. The summed E-state index contributed by atoms with van der Waals surface area (Å²) in [5, 5.41) is 12.7. The van der Waals surface area contributed by atoms with E-state index in [1.165, 1.54) is 16.7 Å². The molecular weight excluding hydrogens is 412 g/mol. The van der Waals surface area contributed by atoms with E-state index >= 15 is 0 Å². The summed E-state index contributed by atoms with van der Waals surface area (Å²) < 4.78 is 10.2. The molecular formula is C20H28N2O7S. The third-order valence-corrected chi connectivity index (χ3v) is 7.01. The Bertz CT molecular complexity index is 801. The number of hydrogen-bond donors (Lipinski definition) is 2. The molecule has 0 unspecified atom stereocenters. The van der Waals surface area contributed by atoms with Crippen LogP contribution in [0.15, 0.2) is 10.6 Å². The van der Waals surface area contributed by atoms with Gasteiger partial charge in [-0.15, -0.1) is 11.8 Å². The number of nitrogens with one attached hydrogen (secondary N) is 1. The van der Waals surface area contributed by atoms with Gasteiger partial charge in [0.05, 0.1) is 23.5 Å². The fourth-order valence-electron chi connectivity index (χ4n) is 3.93. The molecule has 30 heavy (non-hydrogen) atoms. The summed E-state index contributed by atoms with van der Waals surface area (Å²) in [6.07, 6.45) is -0.518. The Hall–Kier alpha value is -2.07. The molecule has 0 aliphatic carbocycles. The average Bonchev–Trinajstić information content (AvgIpc) is 3.14. The van der Waals surface area contributed by atoms with Crippen LogP contribution < -0.4 is 5.32 Å². The highest BCUT2D eigenvalue weighted by atomic mass is 32.2. The van der Waals surface area contributed by atoms with Crippen molar-refractivity contribution in [3.05, 3.63) is 10.6 Å². The number of thioether (sulfide) groups is 1. The molecule has 0 radical (unpaired) electrons. The van der Waals surface area contributed by atoms with Gasteiger partial charge < -0.3 is 24.8 Å². The van der Waals surface area contributed by atoms with Gasteiger partial charge in [-0.3, -0.25) is 14.4 Å². The normalized spacial score (nSPS) is 29.3. The lowest BCUT2D eigenvalue weighted by Crippen LogP contribution is -2.63. The zero-order chi connectivity index (χ0) is 22.4. The maximum Gasteiger partial charge on any atom is 0.358 e. The van der Waals surface area contributed by atoms with Crippen LogP contribution >= 0.6 is 11.8 Å². The largest absolute Gasteiger partial charge is 0.427 e. The van der Waals surface area contributed by atoms with Crippen LogP contribution in [0.25, 0.3) is 0 Å². The minimum absolute atomic E-state index is 0.0572. The molecule has 3 aliphatic rings. The third kappa shape index (κ3) is 4.07. The summed E-state index contributed by atoms with van der Waals surface area (Å²) in [5.41, 5.74) is -0.620. The van der Waals surface area contributed by atoms with Gasteiger partial charge >= 0.3 is 11.9 Å². The van der Waals surface area contributed by atoms with Gasteiger partial charge in [0.1, 0.15) is 5.70 Å². The number of rotatable bonds is 6. The number of carbonyl (C=O) groups excluding carboxylic acids is 4. The Morgan fingerprint density at radius 1 is 1.30 bits per heavy atom. The highest BCUT2D eigenvalue weighted by molar-refractivity contribution is 8.03. The second-order valence-electron chi connectivity index (χ2n) is 8.95. The Morgan fingerprint density at radius 3 is 2.50 bits per heavy atom. The number of aliphatic hydroxyl groups excluding tert-OH is 1. The fourth-order valence-corrected chi connectivity index (χ4v) is 5.34. The fraction of sp³-hybridized carbons (Fsp3) is 0.700. The Kier molecular flexibility index (Phi) is 6.20. The Balaban J connectivity index is 1.78. The molecule has 0 bridgehead atoms. The molecule has 9 nitrogen and oxygen atoms in total. The average molecular weight is 441 g/mol. The van der Waals surface area contributed by atoms with Gasteiger partial charge in [-0.2, -0.15) is 0 Å². The monoisotopic (exact) mass is 440 g/mol. The first-order chi connectivity index (χ1) is 13.9. The molecule has 0 aromatic carbocycles. The molecule has 2 saturated heterocycles. The molecule has 0 aromatic rings. The van der Waals surface area contributed by atoms with Crippen molar-refractivity contribution >= 4 is 35.5 Å². The van der Waals surface area contributed by atoms with Crippen molar-refractivity contribution in [3.63, 3.8) is 0 Å². The minimum Gasteiger partial charge on any atom is -0.427 e. The van der Waals surface area contributed by atoms with E-state index in [9.17, 15) is 24.3 Å². The van der Waals surface area contributed by atoms with E-state index in [1.54, 1.807) is 27.7 Å². The first-order valence-corrected chi connectivity index (χ1v) is 10.8. The number of β-lactam (4-membered cyclic amide) rings is 1. The van der Waals surface area contributed by atoms with E-state index in [4.69, 9.17) is 9.47 Å². The molecule has 0 saturated carbocycles. The summed E-state index contributed by atoms with van der Waals surface area (Å²) >= 11 is 1.38. The van der Waals surface area contributed by atoms with Crippen molar-refractivity contribution in [2.24, 2.45) is 17.3 Å². The van der Waals surface area contributed by atoms with E-state index in [0.29, 0.717) is 17.9 Å². The van der Waals surface area contributed by atoms with E-state index in [0.717, 1.165) is 0 Å². The van der Waals surface area contributed by atoms with Crippen LogP contribution in [0, 0.1) is 17.3 Å². The SMILES string of the molecule is C[C@@H](O)[C@H]1C(=O)N2C(C(=O)OCOC(=O)C(C)(C)C)=C(S[C@@H]3CNC(=O)C3)[C@H](C)[C@H]12. The zero-order valence-electron chi connectivity index (χ0n) is 17.8. The second-order valence-corrected chi connectivity index (χ2v) is 10.3. The first-order valence-electron chi connectivity index (χ1n) is 9.96. The van der Waals surface area contributed by atoms with Crippen LogP contribution in [0.3, 0.4) is 0 Å². The van der Waals surface area contributed by atoms with E-state index in [2.05, 4.69) is 5.32 Å². The van der Waals surface area contributed by atoms with Crippen LogP contribution in [0.2, 0.25) is 0 Å². The number of nitrogens with zero attached hydrogens (tertiary/aromatic N) is 1. The number of carbonyl (C=O) groups is 4. The standard InChI is InChI=1S/C20H28N2O7S/c1-9-14-13(10(2)23)17(25)22(14)15(16(9)30-11-6-12(24)21-7-11)18(26)28-8-29-19(27)20(3,4)5/h9-11,13-14,23H,6-8H2,1-5H3,(H,21,24)/t9-,10-,11+,13-,14-/m1/s1. The molecule has 3 aliphatic heterocycles. The summed E-state index contributed by atoms with van der Waals surface area (Å²) in [6.45, 7) is 8.42. The van der Waals surface area contributed by atoms with Gasteiger partial charge in [-0.1, -0.05) is 6.92 Å². The van der Waals surface area contributed by atoms with Gasteiger partial charge in [-0.25, -0.2) is 4.79 Å². The Morgan fingerprint density at radius 2 is 1.97 bits per heavy atom. The van der Waals surface area contributed by atoms with Gasteiger partial charge in [0.2, 0.25) is 18.6 Å². The van der Waals surface area contributed by atoms with Gasteiger partial charge in [0.15, 0.2) is 0 Å². The molecule has 0 aromatic heterocycles. The number of fused-ring (bicyclic) bond motifs is 1. The van der Waals surface area contributed by atoms with Gasteiger partial charge in [0, 0.05) is 29.0 Å². The van der Waals surface area contributed by atoms with Crippen LogP contribution in [0.4, 0.5) is 0 Å². The highest BCUT2D eigenvalue weighted by Gasteiger charge is 2.60. The smallest absolute Gasteiger partial charge is 0.358 e. The predicted molar refractivity (Wildman–Crippen MR) is 108 cm³/mol. The summed E-state index contributed by atoms with van der Waals surface area (Å²) in [5.74, 6) is -2.45. The number of aliphatic hydroxyl groups is 1. The quantitative estimate of drug-likeness (QED) is 0.353. The van der Waals surface area contributed by atoms with Crippen molar-refractivity contribution in [1.29, 1.82) is 0 Å². The maximum absolute atomic E-state index is 12.9. The third-order valence-electron chi connectivity index (χ3n) is 5.53. The van der Waals surface area contributed by atoms with Crippen LogP contribution in [0.5, 0.6) is 0 Å². The number of amides is 2. The molecule has 3 rings (SSSR count). The highest BCUT2D eigenvalue weighted by Crippen LogP contribution is 2.51. The molecule has 166 valence electrons. The molecule has 5 atom stereocenters. The van der Waals surface area contributed by atoms with E-state index in [-0.39, 0.29) is 34.7 Å². The number of hydrogen-bond acceptors (Lipinski definition) is 8. The second kappa shape index (κ2) is 8.22. The lowest BCUT2D eigenvalue weighted by atomic mass is 9.79. The minimum atomic E-state index is -0.842. The van der Waals surface area contributed by atoms with Crippen LogP contribution in [-0.2, 0) is 28.7 Å². The van der Waals surface area contributed by atoms with Crippen molar-refractivity contribution in [2.45, 2.75) is 58.4 Å². The zero-order valence-corrected chi connectivity index (χ0v) is 18.6. The van der Waals surface area contributed by atoms with Crippen molar-refractivity contribution in [2.75, 3.05) is 13.3 Å². The predicted octanol–water partition coefficient (Wildman–Crippen LogP) is 0.767. The topological polar surface area (TPSA) is 122 Å². The lowest BCUT2D eigenvalue weighted by Gasteiger charge is -2.46. The van der Waals surface area contributed by atoms with E-state index in [1.807, 2.05) is 6.92 Å². The molecule has 2 amide bonds.